The Hall–Kier alpha value is -2.67. The number of hydrogen-bond donors (Lipinski definition) is 1. The number of hydrogen-bond acceptors (Lipinski definition) is 6. The summed E-state index contributed by atoms with van der Waals surface area (Å²) in [6.45, 7) is 6.90. The van der Waals surface area contributed by atoms with Crippen molar-refractivity contribution >= 4 is 17.5 Å². The van der Waals surface area contributed by atoms with E-state index < -0.39 is 0 Å². The molecule has 2 aromatic rings. The molecule has 2 aliphatic rings. The topological polar surface area (TPSA) is 70.6 Å². The van der Waals surface area contributed by atoms with E-state index in [9.17, 15) is 4.79 Å². The number of carbonyl (C=O) groups is 1. The first-order chi connectivity index (χ1) is 13.7. The van der Waals surface area contributed by atoms with Gasteiger partial charge in [0.1, 0.15) is 5.69 Å². The van der Waals surface area contributed by atoms with Crippen LogP contribution < -0.4 is 15.1 Å². The van der Waals surface area contributed by atoms with Crippen molar-refractivity contribution in [3.8, 4) is 0 Å². The zero-order chi connectivity index (χ0) is 19.3. The fourth-order valence-electron chi connectivity index (χ4n) is 3.72. The fourth-order valence-corrected chi connectivity index (χ4v) is 3.72. The van der Waals surface area contributed by atoms with E-state index in [1.807, 2.05) is 0 Å². The summed E-state index contributed by atoms with van der Waals surface area (Å²) < 4.78 is 5.55. The summed E-state index contributed by atoms with van der Waals surface area (Å²) in [6.07, 6.45) is 3.85. The van der Waals surface area contributed by atoms with Crippen molar-refractivity contribution in [2.24, 2.45) is 0 Å². The summed E-state index contributed by atoms with van der Waals surface area (Å²) in [7, 11) is 0. The van der Waals surface area contributed by atoms with Crippen molar-refractivity contribution < 1.29 is 9.53 Å². The second kappa shape index (κ2) is 8.56. The van der Waals surface area contributed by atoms with Crippen molar-refractivity contribution in [3.63, 3.8) is 0 Å². The molecule has 1 unspecified atom stereocenters. The summed E-state index contributed by atoms with van der Waals surface area (Å²) >= 11 is 0. The van der Waals surface area contributed by atoms with Crippen LogP contribution in [0, 0.1) is 6.92 Å². The lowest BCUT2D eigenvalue weighted by Gasteiger charge is -2.36. The molecule has 7 nitrogen and oxygen atoms in total. The average molecular weight is 381 g/mol. The van der Waals surface area contributed by atoms with E-state index in [0.717, 1.165) is 45.6 Å². The highest BCUT2D eigenvalue weighted by molar-refractivity contribution is 5.92. The second-order valence-electron chi connectivity index (χ2n) is 7.40. The Morgan fingerprint density at radius 3 is 2.79 bits per heavy atom. The van der Waals surface area contributed by atoms with Gasteiger partial charge in [0.25, 0.3) is 5.91 Å². The minimum atomic E-state index is -0.169. The number of aromatic nitrogens is 2. The van der Waals surface area contributed by atoms with E-state index in [1.165, 1.54) is 11.3 Å². The third kappa shape index (κ3) is 4.42. The van der Waals surface area contributed by atoms with Crippen molar-refractivity contribution in [2.75, 3.05) is 49.1 Å². The third-order valence-electron chi connectivity index (χ3n) is 5.32. The maximum atomic E-state index is 12.4. The van der Waals surface area contributed by atoms with Crippen LogP contribution in [0.2, 0.25) is 0 Å². The van der Waals surface area contributed by atoms with Gasteiger partial charge >= 0.3 is 0 Å². The molecule has 4 rings (SSSR count). The Bertz CT molecular complexity index is 814. The van der Waals surface area contributed by atoms with Crippen molar-refractivity contribution in [2.45, 2.75) is 25.9 Å². The van der Waals surface area contributed by atoms with E-state index in [1.54, 1.807) is 12.3 Å². The number of nitrogens with one attached hydrogen (secondary N) is 1. The molecule has 1 aromatic heterocycles. The maximum absolute atomic E-state index is 12.4. The zero-order valence-corrected chi connectivity index (χ0v) is 16.3. The molecule has 0 radical (unpaired) electrons. The summed E-state index contributed by atoms with van der Waals surface area (Å²) in [5.74, 6) is 0.450. The lowest BCUT2D eigenvalue weighted by Crippen LogP contribution is -2.47. The number of ether oxygens (including phenoxy) is 1. The monoisotopic (exact) mass is 381 g/mol. The van der Waals surface area contributed by atoms with E-state index in [2.05, 4.69) is 56.3 Å². The van der Waals surface area contributed by atoms with Gasteiger partial charge in [-0.2, -0.15) is 0 Å². The lowest BCUT2D eigenvalue weighted by atomic mass is 10.2. The Balaban J connectivity index is 1.35. The van der Waals surface area contributed by atoms with Gasteiger partial charge in [0.05, 0.1) is 6.10 Å². The van der Waals surface area contributed by atoms with Crippen LogP contribution in [0.15, 0.2) is 36.5 Å². The fraction of sp³-hybridized carbons (Fsp3) is 0.476. The minimum absolute atomic E-state index is 0.125. The molecular weight excluding hydrogens is 354 g/mol. The molecule has 1 atom stereocenters. The van der Waals surface area contributed by atoms with Gasteiger partial charge in [-0.3, -0.25) is 4.79 Å². The van der Waals surface area contributed by atoms with Crippen LogP contribution in [-0.4, -0.2) is 61.3 Å². The summed E-state index contributed by atoms with van der Waals surface area (Å²) in [6, 6.07) is 10.2. The number of piperazine rings is 1. The Labute approximate surface area is 165 Å². The standard InChI is InChI=1S/C21H27N5O2/c1-16-4-2-5-17(14-16)25-9-11-26(12-10-25)21-22-8-7-19(24-21)20(27)23-15-18-6-3-13-28-18/h2,4-5,7-8,14,18H,3,6,9-13,15H2,1H3,(H,23,27). The number of aryl methyl sites for hydroxylation is 1. The second-order valence-corrected chi connectivity index (χ2v) is 7.40. The van der Waals surface area contributed by atoms with Crippen LogP contribution in [-0.2, 0) is 4.74 Å². The highest BCUT2D eigenvalue weighted by Crippen LogP contribution is 2.19. The molecule has 2 aliphatic heterocycles. The molecule has 1 amide bonds. The van der Waals surface area contributed by atoms with Crippen LogP contribution in [0.25, 0.3) is 0 Å². The number of amides is 1. The SMILES string of the molecule is Cc1cccc(N2CCN(c3nccc(C(=O)NCC4CCCO4)n3)CC2)c1. The Kier molecular flexibility index (Phi) is 5.71. The van der Waals surface area contributed by atoms with Crippen LogP contribution >= 0.6 is 0 Å². The molecule has 148 valence electrons. The lowest BCUT2D eigenvalue weighted by molar-refractivity contribution is 0.0853. The van der Waals surface area contributed by atoms with Gasteiger partial charge in [0.2, 0.25) is 5.95 Å². The van der Waals surface area contributed by atoms with Crippen molar-refractivity contribution in [3.05, 3.63) is 47.8 Å². The van der Waals surface area contributed by atoms with Crippen molar-refractivity contribution in [1.82, 2.24) is 15.3 Å². The maximum Gasteiger partial charge on any atom is 0.270 e. The molecule has 3 heterocycles. The number of benzene rings is 1. The molecule has 1 aromatic carbocycles. The van der Waals surface area contributed by atoms with Gasteiger partial charge in [0, 0.05) is 51.2 Å². The van der Waals surface area contributed by atoms with Crippen LogP contribution in [0.5, 0.6) is 0 Å². The number of anilines is 2. The molecule has 0 saturated carbocycles. The first kappa shape index (κ1) is 18.7. The smallest absolute Gasteiger partial charge is 0.270 e. The average Bonchev–Trinajstić information content (AvgIpc) is 3.26. The van der Waals surface area contributed by atoms with E-state index in [4.69, 9.17) is 4.74 Å². The number of nitrogens with zero attached hydrogens (tertiary/aromatic N) is 4. The van der Waals surface area contributed by atoms with Gasteiger partial charge in [-0.15, -0.1) is 0 Å². The van der Waals surface area contributed by atoms with Crippen LogP contribution in [0.3, 0.4) is 0 Å². The largest absolute Gasteiger partial charge is 0.376 e. The first-order valence-corrected chi connectivity index (χ1v) is 9.98. The zero-order valence-electron chi connectivity index (χ0n) is 16.3. The van der Waals surface area contributed by atoms with Gasteiger partial charge < -0.3 is 19.9 Å². The Morgan fingerprint density at radius 1 is 1.21 bits per heavy atom. The highest BCUT2D eigenvalue weighted by Gasteiger charge is 2.21. The molecule has 28 heavy (non-hydrogen) atoms. The van der Waals surface area contributed by atoms with E-state index in [-0.39, 0.29) is 12.0 Å². The minimum Gasteiger partial charge on any atom is -0.376 e. The number of rotatable bonds is 5. The summed E-state index contributed by atoms with van der Waals surface area (Å²) in [4.78, 5) is 25.8. The Morgan fingerprint density at radius 2 is 2.04 bits per heavy atom. The molecule has 1 N–H and O–H groups in total. The molecule has 2 saturated heterocycles. The molecule has 2 fully saturated rings. The predicted octanol–water partition coefficient (Wildman–Crippen LogP) is 2.02. The van der Waals surface area contributed by atoms with Crippen LogP contribution in [0.4, 0.5) is 11.6 Å². The normalized spacial score (nSPS) is 19.7. The first-order valence-electron chi connectivity index (χ1n) is 9.98. The molecule has 0 spiro atoms. The van der Waals surface area contributed by atoms with Gasteiger partial charge in [0.15, 0.2) is 0 Å². The molecule has 0 bridgehead atoms. The van der Waals surface area contributed by atoms with Gasteiger partial charge in [-0.1, -0.05) is 12.1 Å². The molecular formula is C21H27N5O2. The number of carbonyl (C=O) groups excluding carboxylic acids is 1. The highest BCUT2D eigenvalue weighted by atomic mass is 16.5. The van der Waals surface area contributed by atoms with E-state index >= 15 is 0 Å². The van der Waals surface area contributed by atoms with Crippen molar-refractivity contribution in [1.29, 1.82) is 0 Å². The van der Waals surface area contributed by atoms with Gasteiger partial charge in [-0.05, 0) is 43.5 Å². The predicted molar refractivity (Wildman–Crippen MR) is 109 cm³/mol. The van der Waals surface area contributed by atoms with Crippen LogP contribution in [0.1, 0.15) is 28.9 Å². The summed E-state index contributed by atoms with van der Waals surface area (Å²) in [5, 5.41) is 2.92. The summed E-state index contributed by atoms with van der Waals surface area (Å²) in [5.41, 5.74) is 2.93. The molecule has 0 aliphatic carbocycles. The quantitative estimate of drug-likeness (QED) is 0.855. The van der Waals surface area contributed by atoms with Gasteiger partial charge in [-0.25, -0.2) is 9.97 Å². The third-order valence-corrected chi connectivity index (χ3v) is 5.32. The van der Waals surface area contributed by atoms with E-state index in [0.29, 0.717) is 18.2 Å². The molecule has 7 heteroatoms.